The van der Waals surface area contributed by atoms with Crippen LogP contribution in [0.4, 0.5) is 0 Å². The van der Waals surface area contributed by atoms with Crippen LogP contribution in [0, 0.1) is 0 Å². The van der Waals surface area contributed by atoms with Crippen molar-refractivity contribution in [3.8, 4) is 34.1 Å². The Kier molecular flexibility index (Phi) is 9.28. The minimum Gasteiger partial charge on any atom is -0.494 e. The third-order valence-corrected chi connectivity index (χ3v) is 5.53. The lowest BCUT2D eigenvalue weighted by Gasteiger charge is -2.10. The first kappa shape index (κ1) is 26.9. The number of benzene rings is 4. The number of methoxy groups -OCH3 is 1. The predicted molar refractivity (Wildman–Crippen MR) is 149 cm³/mol. The Balaban J connectivity index is 1.27. The molecule has 4 aromatic rings. The smallest absolute Gasteiger partial charge is 0.343 e. The maximum atomic E-state index is 12.5. The number of hydrazone groups is 1. The molecule has 0 heterocycles. The Bertz CT molecular complexity index is 1420. The molecule has 0 spiro atoms. The quantitative estimate of drug-likeness (QED) is 0.120. The molecule has 0 saturated heterocycles. The Hall–Kier alpha value is -5.11. The lowest BCUT2D eigenvalue weighted by molar-refractivity contribution is -0.123. The monoisotopic (exact) mass is 524 g/mol. The van der Waals surface area contributed by atoms with E-state index in [0.717, 1.165) is 11.1 Å². The Labute approximate surface area is 226 Å². The minimum absolute atomic E-state index is 0.189. The largest absolute Gasteiger partial charge is 0.494 e. The number of nitrogens with zero attached hydrogens (tertiary/aromatic N) is 1. The first-order valence-corrected chi connectivity index (χ1v) is 12.3. The number of esters is 1. The molecule has 1 amide bonds. The van der Waals surface area contributed by atoms with Gasteiger partial charge in [-0.25, -0.2) is 10.2 Å². The summed E-state index contributed by atoms with van der Waals surface area (Å²) in [5.74, 6) is 0.905. The summed E-state index contributed by atoms with van der Waals surface area (Å²) in [5, 5.41) is 3.96. The van der Waals surface area contributed by atoms with Gasteiger partial charge in [-0.15, -0.1) is 0 Å². The zero-order valence-electron chi connectivity index (χ0n) is 21.6. The van der Waals surface area contributed by atoms with Gasteiger partial charge in [0.05, 0.1) is 25.5 Å². The number of carbonyl (C=O) groups is 2. The van der Waals surface area contributed by atoms with E-state index in [1.165, 1.54) is 13.3 Å². The van der Waals surface area contributed by atoms with Crippen LogP contribution in [0.2, 0.25) is 0 Å². The van der Waals surface area contributed by atoms with Crippen molar-refractivity contribution in [1.82, 2.24) is 5.43 Å². The fraction of sp³-hybridized carbons (Fsp3) is 0.129. The number of ether oxygens (including phenoxy) is 4. The van der Waals surface area contributed by atoms with E-state index in [4.69, 9.17) is 18.9 Å². The van der Waals surface area contributed by atoms with Crippen LogP contribution in [0.1, 0.15) is 22.8 Å². The van der Waals surface area contributed by atoms with Crippen molar-refractivity contribution in [3.05, 3.63) is 108 Å². The van der Waals surface area contributed by atoms with Crippen molar-refractivity contribution in [2.24, 2.45) is 5.10 Å². The van der Waals surface area contributed by atoms with Gasteiger partial charge in [-0.2, -0.15) is 5.10 Å². The number of amides is 1. The Morgan fingerprint density at radius 2 is 1.46 bits per heavy atom. The normalized spacial score (nSPS) is 10.6. The Morgan fingerprint density at radius 3 is 2.15 bits per heavy atom. The molecule has 4 rings (SSSR count). The molecular weight excluding hydrogens is 496 g/mol. The molecule has 0 unspecified atom stereocenters. The van der Waals surface area contributed by atoms with Crippen LogP contribution in [0.15, 0.2) is 102 Å². The fourth-order valence-corrected chi connectivity index (χ4v) is 3.60. The van der Waals surface area contributed by atoms with Gasteiger partial charge in [0, 0.05) is 0 Å². The van der Waals surface area contributed by atoms with Gasteiger partial charge >= 0.3 is 5.97 Å². The SMILES string of the molecule is CCOc1ccc(C(=O)Oc2ccc(/C=N\NC(=O)COc3ccc(-c4ccccc4)cc3)cc2OC)cc1. The molecule has 8 heteroatoms. The molecular formula is C31H28N2O6. The van der Waals surface area contributed by atoms with E-state index < -0.39 is 11.9 Å². The van der Waals surface area contributed by atoms with Gasteiger partial charge in [0.25, 0.3) is 5.91 Å². The first-order valence-electron chi connectivity index (χ1n) is 12.3. The number of hydrogen-bond acceptors (Lipinski definition) is 7. The van der Waals surface area contributed by atoms with E-state index in [2.05, 4.69) is 10.5 Å². The van der Waals surface area contributed by atoms with Crippen LogP contribution in [-0.2, 0) is 4.79 Å². The van der Waals surface area contributed by atoms with E-state index >= 15 is 0 Å². The molecule has 4 aromatic carbocycles. The molecule has 0 bridgehead atoms. The standard InChI is InChI=1S/C31H28N2O6/c1-3-37-26-16-12-25(13-17-26)31(35)39-28-18-9-22(19-29(28)36-2)20-32-33-30(34)21-38-27-14-10-24(11-15-27)23-7-5-4-6-8-23/h4-20H,3,21H2,1-2H3,(H,33,34)/b32-20-. The average molecular weight is 525 g/mol. The molecule has 0 aliphatic carbocycles. The third-order valence-electron chi connectivity index (χ3n) is 5.53. The second kappa shape index (κ2) is 13.4. The molecule has 0 saturated carbocycles. The zero-order valence-corrected chi connectivity index (χ0v) is 21.6. The molecule has 0 fully saturated rings. The molecule has 0 aliphatic rings. The van der Waals surface area contributed by atoms with Gasteiger partial charge in [0.15, 0.2) is 18.1 Å². The van der Waals surface area contributed by atoms with Gasteiger partial charge in [-0.1, -0.05) is 42.5 Å². The van der Waals surface area contributed by atoms with Crippen LogP contribution in [-0.4, -0.2) is 38.4 Å². The number of hydrogen-bond donors (Lipinski definition) is 1. The highest BCUT2D eigenvalue weighted by atomic mass is 16.6. The number of nitrogens with one attached hydrogen (secondary N) is 1. The fourth-order valence-electron chi connectivity index (χ4n) is 3.60. The summed E-state index contributed by atoms with van der Waals surface area (Å²) >= 11 is 0. The van der Waals surface area contributed by atoms with E-state index in [0.29, 0.717) is 35.0 Å². The third kappa shape index (κ3) is 7.69. The van der Waals surface area contributed by atoms with E-state index in [1.54, 1.807) is 42.5 Å². The summed E-state index contributed by atoms with van der Waals surface area (Å²) in [6.45, 7) is 2.24. The predicted octanol–water partition coefficient (Wildman–Crippen LogP) is 5.51. The lowest BCUT2D eigenvalue weighted by Crippen LogP contribution is -2.24. The van der Waals surface area contributed by atoms with E-state index in [1.807, 2.05) is 61.5 Å². The van der Waals surface area contributed by atoms with Gasteiger partial charge in [-0.3, -0.25) is 4.79 Å². The summed E-state index contributed by atoms with van der Waals surface area (Å²) < 4.78 is 21.8. The summed E-state index contributed by atoms with van der Waals surface area (Å²) in [6.07, 6.45) is 1.45. The second-order valence-corrected chi connectivity index (χ2v) is 8.23. The highest BCUT2D eigenvalue weighted by Crippen LogP contribution is 2.28. The lowest BCUT2D eigenvalue weighted by atomic mass is 10.1. The van der Waals surface area contributed by atoms with Gasteiger partial charge < -0.3 is 18.9 Å². The zero-order chi connectivity index (χ0) is 27.5. The molecule has 1 N–H and O–H groups in total. The van der Waals surface area contributed by atoms with E-state index in [-0.39, 0.29) is 12.4 Å². The highest BCUT2D eigenvalue weighted by molar-refractivity contribution is 5.92. The summed E-state index contributed by atoms with van der Waals surface area (Å²) in [5.41, 5.74) is 5.60. The van der Waals surface area contributed by atoms with Crippen LogP contribution in [0.3, 0.4) is 0 Å². The average Bonchev–Trinajstić information content (AvgIpc) is 2.98. The summed E-state index contributed by atoms with van der Waals surface area (Å²) in [4.78, 5) is 24.7. The maximum Gasteiger partial charge on any atom is 0.343 e. The molecule has 39 heavy (non-hydrogen) atoms. The van der Waals surface area contributed by atoms with Gasteiger partial charge in [0.2, 0.25) is 0 Å². The van der Waals surface area contributed by atoms with Crippen molar-refractivity contribution < 1.29 is 28.5 Å². The molecule has 0 atom stereocenters. The molecule has 0 radical (unpaired) electrons. The van der Waals surface area contributed by atoms with Crippen molar-refractivity contribution >= 4 is 18.1 Å². The van der Waals surface area contributed by atoms with Crippen molar-refractivity contribution in [2.75, 3.05) is 20.3 Å². The van der Waals surface area contributed by atoms with Crippen molar-refractivity contribution in [3.63, 3.8) is 0 Å². The Morgan fingerprint density at radius 1 is 0.795 bits per heavy atom. The van der Waals surface area contributed by atoms with Crippen molar-refractivity contribution in [2.45, 2.75) is 6.92 Å². The maximum absolute atomic E-state index is 12.5. The first-order chi connectivity index (χ1) is 19.1. The number of rotatable bonds is 11. The van der Waals surface area contributed by atoms with Crippen LogP contribution in [0.5, 0.6) is 23.0 Å². The van der Waals surface area contributed by atoms with Crippen LogP contribution >= 0.6 is 0 Å². The van der Waals surface area contributed by atoms with Crippen LogP contribution in [0.25, 0.3) is 11.1 Å². The molecule has 0 aromatic heterocycles. The second-order valence-electron chi connectivity index (χ2n) is 8.23. The minimum atomic E-state index is -0.528. The highest BCUT2D eigenvalue weighted by Gasteiger charge is 2.13. The summed E-state index contributed by atoms with van der Waals surface area (Å²) in [6, 6.07) is 29.1. The van der Waals surface area contributed by atoms with Crippen molar-refractivity contribution in [1.29, 1.82) is 0 Å². The summed E-state index contributed by atoms with van der Waals surface area (Å²) in [7, 11) is 1.47. The topological polar surface area (TPSA) is 95.5 Å². The van der Waals surface area contributed by atoms with E-state index in [9.17, 15) is 9.59 Å². The van der Waals surface area contributed by atoms with Crippen LogP contribution < -0.4 is 24.4 Å². The van der Waals surface area contributed by atoms with Gasteiger partial charge in [0.1, 0.15) is 11.5 Å². The molecule has 8 nitrogen and oxygen atoms in total. The molecule has 0 aliphatic heterocycles. The number of carbonyl (C=O) groups excluding carboxylic acids is 2. The van der Waals surface area contributed by atoms with Gasteiger partial charge in [-0.05, 0) is 78.2 Å². The molecule has 198 valence electrons.